The highest BCUT2D eigenvalue weighted by molar-refractivity contribution is 6.25. The fraction of sp³-hybridized carbons (Fsp3) is 0.0638. The number of nitrogens with zero attached hydrogens (tertiary/aromatic N) is 3. The standard InChI is InChI=1S/C47H31N3O/c1-47(2)37-20-10-11-21-38(37)50(44-41(47)34-18-8-7-17-33(34)40-35-19-9-12-22-39(35)51-45(40)44)46-48-42(31-24-23-28-13-3-4-15-30(28)27-31)36-26-25-29-14-5-6-16-32(29)43(36)49-46/h3-27H,1-2H3. The average molecular weight is 654 g/mol. The molecule has 1 aliphatic heterocycles. The van der Waals surface area contributed by atoms with Crippen LogP contribution in [0.2, 0.25) is 0 Å². The molecule has 3 heterocycles. The van der Waals surface area contributed by atoms with Crippen LogP contribution >= 0.6 is 0 Å². The van der Waals surface area contributed by atoms with Gasteiger partial charge in [0.2, 0.25) is 5.95 Å². The van der Waals surface area contributed by atoms with Gasteiger partial charge in [-0.25, -0.2) is 9.97 Å². The molecule has 0 fully saturated rings. The van der Waals surface area contributed by atoms with Gasteiger partial charge in [0.1, 0.15) is 5.58 Å². The summed E-state index contributed by atoms with van der Waals surface area (Å²) in [6.07, 6.45) is 0. The van der Waals surface area contributed by atoms with Gasteiger partial charge in [-0.05, 0) is 62.3 Å². The van der Waals surface area contributed by atoms with Crippen LogP contribution in [-0.2, 0) is 5.41 Å². The van der Waals surface area contributed by atoms with E-state index in [2.05, 4.69) is 164 Å². The first-order valence-corrected chi connectivity index (χ1v) is 17.5. The highest BCUT2D eigenvalue weighted by atomic mass is 16.3. The first kappa shape index (κ1) is 28.3. The number of hydrogen-bond acceptors (Lipinski definition) is 4. The van der Waals surface area contributed by atoms with Crippen molar-refractivity contribution in [2.75, 3.05) is 4.90 Å². The summed E-state index contributed by atoms with van der Waals surface area (Å²) in [5, 5.41) is 10.2. The Kier molecular flexibility index (Phi) is 5.70. The minimum Gasteiger partial charge on any atom is -0.454 e. The normalized spacial score (nSPS) is 13.8. The number of para-hydroxylation sites is 2. The molecule has 0 saturated carbocycles. The maximum Gasteiger partial charge on any atom is 0.235 e. The van der Waals surface area contributed by atoms with E-state index in [1.165, 1.54) is 32.7 Å². The van der Waals surface area contributed by atoms with Gasteiger partial charge < -0.3 is 4.42 Å². The molecule has 4 nitrogen and oxygen atoms in total. The molecule has 0 N–H and O–H groups in total. The quantitative estimate of drug-likeness (QED) is 0.174. The highest BCUT2D eigenvalue weighted by Crippen LogP contribution is 2.57. The van der Waals surface area contributed by atoms with E-state index in [-0.39, 0.29) is 5.41 Å². The predicted molar refractivity (Wildman–Crippen MR) is 212 cm³/mol. The monoisotopic (exact) mass is 653 g/mol. The van der Waals surface area contributed by atoms with E-state index in [1.54, 1.807) is 0 Å². The Bertz CT molecular complexity index is 3080. The van der Waals surface area contributed by atoms with Crippen LogP contribution < -0.4 is 4.90 Å². The average Bonchev–Trinajstić information content (AvgIpc) is 3.57. The molecule has 0 unspecified atom stereocenters. The van der Waals surface area contributed by atoms with E-state index >= 15 is 0 Å². The van der Waals surface area contributed by atoms with Crippen LogP contribution in [0.15, 0.2) is 156 Å². The first-order valence-electron chi connectivity index (χ1n) is 17.5. The van der Waals surface area contributed by atoms with Gasteiger partial charge in [-0.15, -0.1) is 0 Å². The Balaban J connectivity index is 1.32. The Labute approximate surface area is 294 Å². The summed E-state index contributed by atoms with van der Waals surface area (Å²) in [6, 6.07) is 53.9. The molecule has 4 heteroatoms. The number of hydrogen-bond donors (Lipinski definition) is 0. The van der Waals surface area contributed by atoms with Crippen LogP contribution in [0.1, 0.15) is 25.0 Å². The fourth-order valence-corrected chi connectivity index (χ4v) is 8.65. The third kappa shape index (κ3) is 3.90. The fourth-order valence-electron chi connectivity index (χ4n) is 8.65. The molecule has 0 radical (unpaired) electrons. The van der Waals surface area contributed by atoms with Crippen LogP contribution in [0.5, 0.6) is 0 Å². The number of benzene rings is 8. The third-order valence-electron chi connectivity index (χ3n) is 11.0. The predicted octanol–water partition coefficient (Wildman–Crippen LogP) is 12.8. The first-order chi connectivity index (χ1) is 25.1. The number of anilines is 3. The zero-order valence-electron chi connectivity index (χ0n) is 28.2. The molecule has 0 bridgehead atoms. The molecular weight excluding hydrogens is 623 g/mol. The molecule has 2 aromatic heterocycles. The van der Waals surface area contributed by atoms with Gasteiger partial charge in [-0.1, -0.05) is 141 Å². The Hall–Kier alpha value is -6.52. The maximum absolute atomic E-state index is 6.94. The maximum atomic E-state index is 6.94. The molecule has 51 heavy (non-hydrogen) atoms. The second-order valence-corrected chi connectivity index (χ2v) is 14.2. The van der Waals surface area contributed by atoms with Gasteiger partial charge >= 0.3 is 0 Å². The van der Waals surface area contributed by atoms with Gasteiger partial charge in [0.25, 0.3) is 0 Å². The van der Waals surface area contributed by atoms with Crippen LogP contribution in [0.4, 0.5) is 17.3 Å². The van der Waals surface area contributed by atoms with Crippen LogP contribution in [0.25, 0.3) is 76.4 Å². The Morgan fingerprint density at radius 3 is 2.08 bits per heavy atom. The summed E-state index contributed by atoms with van der Waals surface area (Å²) in [5.41, 5.74) is 8.71. The lowest BCUT2D eigenvalue weighted by Crippen LogP contribution is -2.32. The van der Waals surface area contributed by atoms with Crippen molar-refractivity contribution in [2.45, 2.75) is 19.3 Å². The molecule has 11 rings (SSSR count). The van der Waals surface area contributed by atoms with Crippen LogP contribution in [0, 0.1) is 0 Å². The molecule has 10 aromatic rings. The van der Waals surface area contributed by atoms with E-state index in [4.69, 9.17) is 14.4 Å². The lowest BCUT2D eigenvalue weighted by molar-refractivity contribution is 0.628. The van der Waals surface area contributed by atoms with Crippen molar-refractivity contribution in [3.8, 4) is 11.3 Å². The number of aromatic nitrogens is 2. The van der Waals surface area contributed by atoms with Crippen molar-refractivity contribution in [3.63, 3.8) is 0 Å². The van der Waals surface area contributed by atoms with Gasteiger partial charge in [-0.2, -0.15) is 0 Å². The highest BCUT2D eigenvalue weighted by Gasteiger charge is 2.42. The van der Waals surface area contributed by atoms with E-state index < -0.39 is 0 Å². The van der Waals surface area contributed by atoms with E-state index in [1.807, 2.05) is 6.07 Å². The molecule has 0 aliphatic carbocycles. The second kappa shape index (κ2) is 10.3. The Morgan fingerprint density at radius 2 is 1.22 bits per heavy atom. The lowest BCUT2D eigenvalue weighted by atomic mass is 9.71. The SMILES string of the molecule is CC1(C)c2ccccc2N(c2nc(-c3ccc4ccccc4c3)c3ccc4ccccc4c3n2)c2c1c1ccccc1c1c2oc2ccccc21. The molecule has 0 spiro atoms. The van der Waals surface area contributed by atoms with Crippen molar-refractivity contribution in [3.05, 3.63) is 163 Å². The summed E-state index contributed by atoms with van der Waals surface area (Å²) in [5.74, 6) is 0.614. The summed E-state index contributed by atoms with van der Waals surface area (Å²) in [4.78, 5) is 13.4. The zero-order valence-corrected chi connectivity index (χ0v) is 28.2. The minimum atomic E-state index is -0.347. The van der Waals surface area contributed by atoms with Gasteiger partial charge in [-0.3, -0.25) is 4.90 Å². The molecule has 1 aliphatic rings. The van der Waals surface area contributed by atoms with E-state index in [0.29, 0.717) is 5.95 Å². The smallest absolute Gasteiger partial charge is 0.235 e. The van der Waals surface area contributed by atoms with Crippen molar-refractivity contribution in [2.24, 2.45) is 0 Å². The number of rotatable bonds is 2. The van der Waals surface area contributed by atoms with Crippen molar-refractivity contribution >= 4 is 82.5 Å². The summed E-state index contributed by atoms with van der Waals surface area (Å²) in [6.45, 7) is 4.66. The second-order valence-electron chi connectivity index (χ2n) is 14.2. The van der Waals surface area contributed by atoms with Crippen molar-refractivity contribution in [1.82, 2.24) is 9.97 Å². The number of fused-ring (bicyclic) bond motifs is 13. The van der Waals surface area contributed by atoms with Gasteiger partial charge in [0, 0.05) is 32.5 Å². The van der Waals surface area contributed by atoms with Crippen LogP contribution in [-0.4, -0.2) is 9.97 Å². The zero-order chi connectivity index (χ0) is 33.8. The molecule has 0 atom stereocenters. The topological polar surface area (TPSA) is 42.2 Å². The molecular formula is C47H31N3O. The molecule has 240 valence electrons. The van der Waals surface area contributed by atoms with Crippen LogP contribution in [0.3, 0.4) is 0 Å². The largest absolute Gasteiger partial charge is 0.454 e. The Morgan fingerprint density at radius 1 is 0.549 bits per heavy atom. The third-order valence-corrected chi connectivity index (χ3v) is 11.0. The number of furan rings is 1. The van der Waals surface area contributed by atoms with Gasteiger partial charge in [0.05, 0.1) is 22.6 Å². The summed E-state index contributed by atoms with van der Waals surface area (Å²) < 4.78 is 6.94. The molecule has 8 aromatic carbocycles. The van der Waals surface area contributed by atoms with Crippen molar-refractivity contribution in [1.29, 1.82) is 0 Å². The summed E-state index contributed by atoms with van der Waals surface area (Å²) >= 11 is 0. The molecule has 0 amide bonds. The lowest BCUT2D eigenvalue weighted by Gasteiger charge is -2.41. The summed E-state index contributed by atoms with van der Waals surface area (Å²) in [7, 11) is 0. The molecule has 0 saturated heterocycles. The van der Waals surface area contributed by atoms with E-state index in [9.17, 15) is 0 Å². The van der Waals surface area contributed by atoms with Crippen molar-refractivity contribution < 1.29 is 4.42 Å². The minimum absolute atomic E-state index is 0.347. The van der Waals surface area contributed by atoms with Gasteiger partial charge in [0.15, 0.2) is 5.58 Å². The van der Waals surface area contributed by atoms with E-state index in [0.717, 1.165) is 66.2 Å².